The molecule has 1 rings (SSSR count). The van der Waals surface area contributed by atoms with Gasteiger partial charge < -0.3 is 10.2 Å². The van der Waals surface area contributed by atoms with Gasteiger partial charge in [0.05, 0.1) is 22.3 Å². The van der Waals surface area contributed by atoms with Crippen LogP contribution in [0.15, 0.2) is 12.3 Å². The molecule has 1 aromatic rings. The second-order valence-corrected chi connectivity index (χ2v) is 4.50. The Labute approximate surface area is 111 Å². The molecule has 0 saturated carbocycles. The first-order valence-electron chi connectivity index (χ1n) is 5.41. The monoisotopic (exact) mass is 278 g/mol. The van der Waals surface area contributed by atoms with Crippen molar-refractivity contribution in [1.82, 2.24) is 9.88 Å². The Morgan fingerprint density at radius 2 is 1.94 bits per heavy atom. The van der Waals surface area contributed by atoms with Gasteiger partial charge in [0.15, 0.2) is 0 Å². The molecule has 0 atom stereocenters. The second kappa shape index (κ2) is 7.84. The molecule has 0 bridgehead atoms. The Morgan fingerprint density at radius 3 is 2.53 bits per heavy atom. The molecular formula is C11H16Cl2N2O2. The zero-order valence-corrected chi connectivity index (χ0v) is 11.0. The van der Waals surface area contributed by atoms with Gasteiger partial charge in [-0.25, -0.2) is 0 Å². The summed E-state index contributed by atoms with van der Waals surface area (Å²) in [4.78, 5) is 6.14. The van der Waals surface area contributed by atoms with Crippen LogP contribution < -0.4 is 0 Å². The minimum atomic E-state index is 0.0661. The fraction of sp³-hybridized carbons (Fsp3) is 0.545. The van der Waals surface area contributed by atoms with Gasteiger partial charge in [-0.2, -0.15) is 0 Å². The fourth-order valence-corrected chi connectivity index (χ4v) is 1.92. The van der Waals surface area contributed by atoms with Crippen molar-refractivity contribution in [2.75, 3.05) is 26.3 Å². The molecule has 1 aromatic heterocycles. The van der Waals surface area contributed by atoms with Crippen LogP contribution in [0.2, 0.25) is 10.0 Å². The van der Waals surface area contributed by atoms with E-state index in [9.17, 15) is 0 Å². The fourth-order valence-electron chi connectivity index (χ4n) is 1.48. The van der Waals surface area contributed by atoms with Crippen LogP contribution in [0, 0.1) is 0 Å². The van der Waals surface area contributed by atoms with Crippen molar-refractivity contribution in [3.63, 3.8) is 0 Å². The minimum absolute atomic E-state index is 0.0661. The normalized spacial score (nSPS) is 11.1. The zero-order valence-electron chi connectivity index (χ0n) is 9.44. The number of aliphatic hydroxyl groups is 2. The number of halogens is 2. The number of aromatic nitrogens is 1. The highest BCUT2D eigenvalue weighted by molar-refractivity contribution is 6.34. The number of pyridine rings is 1. The predicted octanol–water partition coefficient (Wildman–Crippen LogP) is 1.57. The first-order chi connectivity index (χ1) is 8.17. The third-order valence-corrected chi connectivity index (χ3v) is 2.84. The molecule has 0 fully saturated rings. The van der Waals surface area contributed by atoms with Crippen molar-refractivity contribution in [2.45, 2.75) is 13.0 Å². The van der Waals surface area contributed by atoms with Crippen molar-refractivity contribution in [3.05, 3.63) is 28.0 Å². The molecule has 96 valence electrons. The SMILES string of the molecule is OCCCN(CCO)Cc1ncc(Cl)cc1Cl. The number of nitrogens with zero attached hydrogens (tertiary/aromatic N) is 2. The molecule has 0 unspecified atom stereocenters. The van der Waals surface area contributed by atoms with Crippen LogP contribution >= 0.6 is 23.2 Å². The van der Waals surface area contributed by atoms with E-state index < -0.39 is 0 Å². The van der Waals surface area contributed by atoms with Gasteiger partial charge in [-0.3, -0.25) is 9.88 Å². The van der Waals surface area contributed by atoms with E-state index in [1.807, 2.05) is 4.90 Å². The van der Waals surface area contributed by atoms with E-state index in [1.165, 1.54) is 0 Å². The zero-order chi connectivity index (χ0) is 12.7. The lowest BCUT2D eigenvalue weighted by Gasteiger charge is -2.20. The summed E-state index contributed by atoms with van der Waals surface area (Å²) >= 11 is 11.8. The molecule has 6 heteroatoms. The molecule has 0 spiro atoms. The van der Waals surface area contributed by atoms with Gasteiger partial charge in [-0.05, 0) is 12.5 Å². The summed E-state index contributed by atoms with van der Waals surface area (Å²) in [5.74, 6) is 0. The van der Waals surface area contributed by atoms with Crippen LogP contribution in [0.4, 0.5) is 0 Å². The average molecular weight is 279 g/mol. The van der Waals surface area contributed by atoms with Gasteiger partial charge in [-0.1, -0.05) is 23.2 Å². The molecule has 2 N–H and O–H groups in total. The molecule has 0 amide bonds. The smallest absolute Gasteiger partial charge is 0.0730 e. The van der Waals surface area contributed by atoms with E-state index in [2.05, 4.69) is 4.98 Å². The molecular weight excluding hydrogens is 263 g/mol. The number of hydrogen-bond acceptors (Lipinski definition) is 4. The second-order valence-electron chi connectivity index (χ2n) is 3.66. The summed E-state index contributed by atoms with van der Waals surface area (Å²) in [6.07, 6.45) is 2.21. The molecule has 1 heterocycles. The summed E-state index contributed by atoms with van der Waals surface area (Å²) in [6.45, 7) is 1.95. The molecule has 0 aliphatic rings. The summed E-state index contributed by atoms with van der Waals surface area (Å²) in [5, 5.41) is 18.8. The van der Waals surface area contributed by atoms with Crippen LogP contribution in [-0.2, 0) is 6.54 Å². The quantitative estimate of drug-likeness (QED) is 0.795. The number of aliphatic hydroxyl groups excluding tert-OH is 2. The van der Waals surface area contributed by atoms with Gasteiger partial charge in [0, 0.05) is 32.4 Å². The van der Waals surface area contributed by atoms with E-state index in [1.54, 1.807) is 12.3 Å². The molecule has 0 aromatic carbocycles. The molecule has 0 radical (unpaired) electrons. The minimum Gasteiger partial charge on any atom is -0.396 e. The Hall–Kier alpha value is -0.390. The van der Waals surface area contributed by atoms with Crippen molar-refractivity contribution in [3.8, 4) is 0 Å². The maximum Gasteiger partial charge on any atom is 0.0730 e. The molecule has 0 aliphatic carbocycles. The van der Waals surface area contributed by atoms with Crippen molar-refractivity contribution < 1.29 is 10.2 Å². The average Bonchev–Trinajstić information content (AvgIpc) is 2.29. The van der Waals surface area contributed by atoms with Crippen LogP contribution in [-0.4, -0.2) is 46.4 Å². The standard InChI is InChI=1S/C11H16Cl2N2O2/c12-9-6-10(13)11(14-7-9)8-15(3-5-17)2-1-4-16/h6-7,16-17H,1-5,8H2. The maximum atomic E-state index is 8.95. The van der Waals surface area contributed by atoms with E-state index >= 15 is 0 Å². The third-order valence-electron chi connectivity index (χ3n) is 2.31. The number of rotatable bonds is 7. The molecule has 0 aliphatic heterocycles. The van der Waals surface area contributed by atoms with E-state index in [-0.39, 0.29) is 13.2 Å². The van der Waals surface area contributed by atoms with E-state index in [0.29, 0.717) is 36.1 Å². The Bertz CT molecular complexity index is 350. The van der Waals surface area contributed by atoms with Gasteiger partial charge >= 0.3 is 0 Å². The molecule has 4 nitrogen and oxygen atoms in total. The summed E-state index contributed by atoms with van der Waals surface area (Å²) in [5.41, 5.74) is 0.724. The summed E-state index contributed by atoms with van der Waals surface area (Å²) < 4.78 is 0. The molecule has 0 saturated heterocycles. The lowest BCUT2D eigenvalue weighted by Crippen LogP contribution is -2.28. The third kappa shape index (κ3) is 5.19. The van der Waals surface area contributed by atoms with Crippen LogP contribution in [0.25, 0.3) is 0 Å². The summed E-state index contributed by atoms with van der Waals surface area (Å²) in [6, 6.07) is 1.65. The summed E-state index contributed by atoms with van der Waals surface area (Å²) in [7, 11) is 0. The molecule has 17 heavy (non-hydrogen) atoms. The highest BCUT2D eigenvalue weighted by atomic mass is 35.5. The predicted molar refractivity (Wildman–Crippen MR) is 68.3 cm³/mol. The van der Waals surface area contributed by atoms with Crippen LogP contribution in [0.3, 0.4) is 0 Å². The Kier molecular flexibility index (Phi) is 6.77. The van der Waals surface area contributed by atoms with Crippen molar-refractivity contribution in [2.24, 2.45) is 0 Å². The highest BCUT2D eigenvalue weighted by Gasteiger charge is 2.09. The van der Waals surface area contributed by atoms with Gasteiger partial charge in [0.25, 0.3) is 0 Å². The van der Waals surface area contributed by atoms with E-state index in [0.717, 1.165) is 5.69 Å². The first-order valence-corrected chi connectivity index (χ1v) is 6.17. The topological polar surface area (TPSA) is 56.6 Å². The maximum absolute atomic E-state index is 8.95. The lowest BCUT2D eigenvalue weighted by atomic mass is 10.3. The van der Waals surface area contributed by atoms with Gasteiger partial charge in [0.2, 0.25) is 0 Å². The largest absolute Gasteiger partial charge is 0.396 e. The number of hydrogen-bond donors (Lipinski definition) is 2. The Balaban J connectivity index is 2.64. The lowest BCUT2D eigenvalue weighted by molar-refractivity contribution is 0.173. The van der Waals surface area contributed by atoms with Crippen molar-refractivity contribution in [1.29, 1.82) is 0 Å². The van der Waals surface area contributed by atoms with Crippen LogP contribution in [0.5, 0.6) is 0 Å². The first kappa shape index (κ1) is 14.7. The van der Waals surface area contributed by atoms with Gasteiger partial charge in [-0.15, -0.1) is 0 Å². The van der Waals surface area contributed by atoms with Gasteiger partial charge in [0.1, 0.15) is 0 Å². The van der Waals surface area contributed by atoms with E-state index in [4.69, 9.17) is 33.4 Å². The highest BCUT2D eigenvalue weighted by Crippen LogP contribution is 2.19. The Morgan fingerprint density at radius 1 is 1.18 bits per heavy atom. The van der Waals surface area contributed by atoms with Crippen molar-refractivity contribution >= 4 is 23.2 Å². The van der Waals surface area contributed by atoms with Crippen LogP contribution in [0.1, 0.15) is 12.1 Å².